The van der Waals surface area contributed by atoms with Crippen LogP contribution in [-0.4, -0.2) is 52.5 Å². The summed E-state index contributed by atoms with van der Waals surface area (Å²) in [6.07, 6.45) is 13.4. The van der Waals surface area contributed by atoms with Crippen LogP contribution in [0.5, 0.6) is 0 Å². The van der Waals surface area contributed by atoms with Gasteiger partial charge in [-0.3, -0.25) is 0 Å². The molecule has 1 atom stereocenters. The average molecular weight is 517 g/mol. The molecule has 0 bridgehead atoms. The minimum Gasteiger partial charge on any atom is -0.444 e. The van der Waals surface area contributed by atoms with Crippen LogP contribution in [0, 0.1) is 5.92 Å². The minimum absolute atomic E-state index is 0.222. The molecule has 1 amide bonds. The number of amides is 1. The van der Waals surface area contributed by atoms with E-state index in [2.05, 4.69) is 71.7 Å². The number of hydrogen-bond acceptors (Lipinski definition) is 5. The third-order valence-corrected chi connectivity index (χ3v) is 6.85. The topological polar surface area (TPSA) is 57.2 Å². The second-order valence-electron chi connectivity index (χ2n) is 11.9. The number of allylic oxidation sites excluding steroid dienone is 2. The van der Waals surface area contributed by atoms with Gasteiger partial charge < -0.3 is 19.9 Å². The summed E-state index contributed by atoms with van der Waals surface area (Å²) in [5.74, 6) is 1.33. The first-order valence-corrected chi connectivity index (χ1v) is 14.5. The third-order valence-electron chi connectivity index (χ3n) is 6.85. The van der Waals surface area contributed by atoms with Gasteiger partial charge in [-0.25, -0.2) is 9.79 Å². The highest BCUT2D eigenvalue weighted by molar-refractivity contribution is 6.05. The smallest absolute Gasteiger partial charge is 0.410 e. The Morgan fingerprint density at radius 1 is 1.16 bits per heavy atom. The van der Waals surface area contributed by atoms with E-state index in [0.717, 1.165) is 25.2 Å². The Labute approximate surface area is 228 Å². The Kier molecular flexibility index (Phi) is 13.5. The summed E-state index contributed by atoms with van der Waals surface area (Å²) in [6.45, 7) is 25.3. The van der Waals surface area contributed by atoms with Gasteiger partial charge in [0.2, 0.25) is 0 Å². The quantitative estimate of drug-likeness (QED) is 0.332. The summed E-state index contributed by atoms with van der Waals surface area (Å²) in [5, 5.41) is 3.39. The van der Waals surface area contributed by atoms with Crippen molar-refractivity contribution in [3.8, 4) is 0 Å². The molecule has 212 valence electrons. The number of rotatable bonds is 8. The molecule has 0 aromatic heterocycles. The molecule has 1 N–H and O–H groups in total. The Morgan fingerprint density at radius 3 is 2.27 bits per heavy atom. The highest BCUT2D eigenvalue weighted by Crippen LogP contribution is 2.35. The number of hydrogen-bond donors (Lipinski definition) is 1. The Balaban J connectivity index is 0.00000102. The molecule has 1 saturated heterocycles. The van der Waals surface area contributed by atoms with Gasteiger partial charge in [0.05, 0.1) is 5.54 Å². The molecule has 0 aromatic rings. The van der Waals surface area contributed by atoms with Gasteiger partial charge in [0.25, 0.3) is 0 Å². The van der Waals surface area contributed by atoms with Gasteiger partial charge in [-0.2, -0.15) is 0 Å². The number of carbonyl (C=O) groups excluding carboxylic acids is 1. The van der Waals surface area contributed by atoms with Crippen molar-refractivity contribution in [3.05, 3.63) is 35.3 Å². The van der Waals surface area contributed by atoms with Crippen molar-refractivity contribution in [1.29, 1.82) is 0 Å². The van der Waals surface area contributed by atoms with Gasteiger partial charge in [0.1, 0.15) is 11.4 Å². The molecule has 37 heavy (non-hydrogen) atoms. The fourth-order valence-electron chi connectivity index (χ4n) is 4.63. The Bertz CT molecular complexity index is 842. The zero-order valence-electron chi connectivity index (χ0n) is 25.8. The molecule has 0 aliphatic carbocycles. The van der Waals surface area contributed by atoms with Gasteiger partial charge in [-0.1, -0.05) is 66.4 Å². The van der Waals surface area contributed by atoms with E-state index in [-0.39, 0.29) is 11.6 Å². The van der Waals surface area contributed by atoms with Gasteiger partial charge in [-0.15, -0.1) is 0 Å². The summed E-state index contributed by atoms with van der Waals surface area (Å²) in [7, 11) is 0. The molecule has 0 radical (unpaired) electrons. The number of carbonyl (C=O) groups is 1. The molecule has 6 nitrogen and oxygen atoms in total. The molecule has 0 saturated carbocycles. The van der Waals surface area contributed by atoms with E-state index in [1.165, 1.54) is 42.5 Å². The molecule has 2 rings (SSSR count). The number of aliphatic imine (C=N–C) groups is 1. The van der Waals surface area contributed by atoms with Crippen LogP contribution >= 0.6 is 0 Å². The van der Waals surface area contributed by atoms with E-state index >= 15 is 0 Å². The van der Waals surface area contributed by atoms with Crippen molar-refractivity contribution < 1.29 is 9.53 Å². The summed E-state index contributed by atoms with van der Waals surface area (Å²) in [6, 6.07) is 0. The van der Waals surface area contributed by atoms with Crippen LogP contribution in [0.15, 0.2) is 40.3 Å². The largest absolute Gasteiger partial charge is 0.444 e. The van der Waals surface area contributed by atoms with Crippen molar-refractivity contribution in [2.45, 2.75) is 126 Å². The number of piperazine rings is 1. The zero-order chi connectivity index (χ0) is 28.2. The average Bonchev–Trinajstić information content (AvgIpc) is 3.24. The fourth-order valence-corrected chi connectivity index (χ4v) is 4.63. The molecule has 2 aliphatic rings. The van der Waals surface area contributed by atoms with Crippen molar-refractivity contribution >= 4 is 11.9 Å². The minimum atomic E-state index is -0.487. The molecule has 2 heterocycles. The number of unbranched alkanes of at least 4 members (excludes halogenated alkanes) is 3. The van der Waals surface area contributed by atoms with Crippen molar-refractivity contribution in [1.82, 2.24) is 15.1 Å². The van der Waals surface area contributed by atoms with Gasteiger partial charge >= 0.3 is 6.09 Å². The highest BCUT2D eigenvalue weighted by Gasteiger charge is 2.39. The lowest BCUT2D eigenvalue weighted by Gasteiger charge is -2.49. The molecule has 1 unspecified atom stereocenters. The monoisotopic (exact) mass is 516 g/mol. The van der Waals surface area contributed by atoms with Crippen LogP contribution in [0.1, 0.15) is 115 Å². The van der Waals surface area contributed by atoms with E-state index in [1.54, 1.807) is 0 Å². The van der Waals surface area contributed by atoms with E-state index in [4.69, 9.17) is 9.73 Å². The van der Waals surface area contributed by atoms with Crippen molar-refractivity contribution in [2.24, 2.45) is 10.9 Å². The van der Waals surface area contributed by atoms with E-state index in [1.807, 2.05) is 38.1 Å². The molecule has 2 aliphatic heterocycles. The fraction of sp³-hybridized carbons (Fsp3) is 0.742. The molecular weight excluding hydrogens is 460 g/mol. The molecule has 1 fully saturated rings. The molecule has 0 spiro atoms. The molecule has 6 heteroatoms. The van der Waals surface area contributed by atoms with Crippen LogP contribution in [-0.2, 0) is 4.74 Å². The summed E-state index contributed by atoms with van der Waals surface area (Å²) >= 11 is 0. The van der Waals surface area contributed by atoms with E-state index in [0.29, 0.717) is 19.0 Å². The predicted molar refractivity (Wildman–Crippen MR) is 159 cm³/mol. The Morgan fingerprint density at radius 2 is 1.78 bits per heavy atom. The summed E-state index contributed by atoms with van der Waals surface area (Å²) in [4.78, 5) is 21.6. The van der Waals surface area contributed by atoms with Crippen molar-refractivity contribution in [2.75, 3.05) is 19.6 Å². The first-order valence-electron chi connectivity index (χ1n) is 14.5. The van der Waals surface area contributed by atoms with Crippen LogP contribution in [0.25, 0.3) is 0 Å². The number of nitrogens with zero attached hydrogens (tertiary/aromatic N) is 3. The standard InChI is InChI=1S/C25H42N4O2.C6H14/c1-10-12-13-26-22-21(20(16-27-22)18(3)11-2)19(4)29-15-14-28(17-25(29,8)9)23(30)31-24(5,6)7;1-3-5-6-4-2/h12-13,16,18H,10-11,14-15,17H2,1-9H3,(H,26,27);3-6H2,1-2H3/b13-12+,21-19+;. The lowest BCUT2D eigenvalue weighted by molar-refractivity contribution is -0.00575. The highest BCUT2D eigenvalue weighted by atomic mass is 16.6. The van der Waals surface area contributed by atoms with Crippen LogP contribution in [0.3, 0.4) is 0 Å². The van der Waals surface area contributed by atoms with Crippen LogP contribution in [0.4, 0.5) is 4.79 Å². The number of ether oxygens (including phenoxy) is 1. The second kappa shape index (κ2) is 15.2. The molecule has 0 aromatic carbocycles. The first kappa shape index (κ1) is 32.8. The Hall–Kier alpha value is -2.24. The van der Waals surface area contributed by atoms with Crippen molar-refractivity contribution in [3.63, 3.8) is 0 Å². The van der Waals surface area contributed by atoms with Gasteiger partial charge in [0.15, 0.2) is 0 Å². The zero-order valence-corrected chi connectivity index (χ0v) is 25.8. The SMILES string of the molecule is CC/C=C/NC1=NC=C(C(C)CC)/C1=C(/C)N1CCN(C(=O)OC(C)(C)C)CC1(C)C.CCCCCC. The van der Waals surface area contributed by atoms with Crippen LogP contribution < -0.4 is 5.32 Å². The maximum atomic E-state index is 12.6. The van der Waals surface area contributed by atoms with E-state index in [9.17, 15) is 4.79 Å². The second-order valence-corrected chi connectivity index (χ2v) is 11.9. The molecular formula is C31H56N4O2. The summed E-state index contributed by atoms with van der Waals surface area (Å²) < 4.78 is 5.61. The normalized spacial score (nSPS) is 19.6. The number of nitrogens with one attached hydrogen (secondary N) is 1. The van der Waals surface area contributed by atoms with Gasteiger partial charge in [-0.05, 0) is 72.1 Å². The lowest BCUT2D eigenvalue weighted by Crippen LogP contribution is -2.60. The van der Waals surface area contributed by atoms with Crippen LogP contribution in [0.2, 0.25) is 0 Å². The lowest BCUT2D eigenvalue weighted by atomic mass is 9.90. The maximum Gasteiger partial charge on any atom is 0.410 e. The first-order chi connectivity index (χ1) is 17.3. The van der Waals surface area contributed by atoms with E-state index < -0.39 is 5.60 Å². The third kappa shape index (κ3) is 10.2. The predicted octanol–water partition coefficient (Wildman–Crippen LogP) is 8.03. The maximum absolute atomic E-state index is 12.6. The number of amidine groups is 1. The van der Waals surface area contributed by atoms with Gasteiger partial charge in [0, 0.05) is 37.1 Å². The summed E-state index contributed by atoms with van der Waals surface area (Å²) in [5.41, 5.74) is 2.96.